The summed E-state index contributed by atoms with van der Waals surface area (Å²) in [6, 6.07) is 13.4. The van der Waals surface area contributed by atoms with E-state index in [1.807, 2.05) is 72.9 Å². The van der Waals surface area contributed by atoms with Crippen LogP contribution in [0.1, 0.15) is 39.0 Å². The first-order chi connectivity index (χ1) is 14.0. The molecule has 0 bridgehead atoms. The standard InChI is InChI=1S/C22H22N4O3/c1-13-20(14(2)25(3)24-13)21-23-17-7-5-4-6-16(17)22(27)26(21)11-15-8-9-18-19(10-15)29-12-28-18/h4-10,21,23H,11-12H2,1-3H3/t21-/m0/s1. The third-order valence-electron chi connectivity index (χ3n) is 5.65. The number of hydrogen-bond acceptors (Lipinski definition) is 5. The molecule has 0 spiro atoms. The Bertz CT molecular complexity index is 1120. The average Bonchev–Trinajstić information content (AvgIpc) is 3.28. The van der Waals surface area contributed by atoms with Crippen LogP contribution >= 0.6 is 0 Å². The molecule has 0 saturated heterocycles. The largest absolute Gasteiger partial charge is 0.454 e. The molecule has 1 atom stereocenters. The van der Waals surface area contributed by atoms with E-state index in [4.69, 9.17) is 9.47 Å². The van der Waals surface area contributed by atoms with Gasteiger partial charge in [-0.2, -0.15) is 5.10 Å². The Labute approximate surface area is 168 Å². The van der Waals surface area contributed by atoms with Crippen LogP contribution in [0.3, 0.4) is 0 Å². The number of rotatable bonds is 3. The molecule has 7 heteroatoms. The molecule has 3 aromatic rings. The molecule has 2 aromatic carbocycles. The van der Waals surface area contributed by atoms with Crippen LogP contribution in [0.25, 0.3) is 0 Å². The molecule has 1 aromatic heterocycles. The molecule has 2 aliphatic heterocycles. The number of hydrogen-bond donors (Lipinski definition) is 1. The highest BCUT2D eigenvalue weighted by Gasteiger charge is 2.35. The van der Waals surface area contributed by atoms with Gasteiger partial charge in [0.2, 0.25) is 6.79 Å². The first-order valence-electron chi connectivity index (χ1n) is 9.58. The molecule has 0 unspecified atom stereocenters. The zero-order valence-electron chi connectivity index (χ0n) is 16.6. The van der Waals surface area contributed by atoms with E-state index in [1.54, 1.807) is 0 Å². The van der Waals surface area contributed by atoms with Gasteiger partial charge < -0.3 is 19.7 Å². The summed E-state index contributed by atoms with van der Waals surface area (Å²) >= 11 is 0. The van der Waals surface area contributed by atoms with Crippen molar-refractivity contribution in [1.29, 1.82) is 0 Å². The second-order valence-electron chi connectivity index (χ2n) is 7.42. The number of para-hydroxylation sites is 1. The number of nitrogens with zero attached hydrogens (tertiary/aromatic N) is 3. The summed E-state index contributed by atoms with van der Waals surface area (Å²) in [6.07, 6.45) is -0.309. The van der Waals surface area contributed by atoms with E-state index < -0.39 is 0 Å². The highest BCUT2D eigenvalue weighted by molar-refractivity contribution is 6.01. The molecule has 0 aliphatic carbocycles. The lowest BCUT2D eigenvalue weighted by Crippen LogP contribution is -2.42. The summed E-state index contributed by atoms with van der Waals surface area (Å²) < 4.78 is 12.8. The monoisotopic (exact) mass is 390 g/mol. The van der Waals surface area contributed by atoms with Gasteiger partial charge in [0.05, 0.1) is 11.3 Å². The highest BCUT2D eigenvalue weighted by atomic mass is 16.7. The van der Waals surface area contributed by atoms with Gasteiger partial charge in [-0.25, -0.2) is 0 Å². The van der Waals surface area contributed by atoms with Crippen molar-refractivity contribution in [2.75, 3.05) is 12.1 Å². The van der Waals surface area contributed by atoms with Crippen LogP contribution in [0.15, 0.2) is 42.5 Å². The van der Waals surface area contributed by atoms with Crippen LogP contribution in [0.2, 0.25) is 0 Å². The predicted octanol–water partition coefficient (Wildman–Crippen LogP) is 3.53. The van der Waals surface area contributed by atoms with E-state index in [2.05, 4.69) is 10.4 Å². The smallest absolute Gasteiger partial charge is 0.258 e. The number of anilines is 1. The molecule has 148 valence electrons. The zero-order chi connectivity index (χ0) is 20.1. The lowest BCUT2D eigenvalue weighted by Gasteiger charge is -2.38. The first-order valence-corrected chi connectivity index (χ1v) is 9.58. The topological polar surface area (TPSA) is 68.6 Å². The maximum Gasteiger partial charge on any atom is 0.258 e. The van der Waals surface area contributed by atoms with Gasteiger partial charge in [0.1, 0.15) is 6.17 Å². The summed E-state index contributed by atoms with van der Waals surface area (Å²) in [5.41, 5.74) is 5.45. The van der Waals surface area contributed by atoms with E-state index >= 15 is 0 Å². The number of amides is 1. The molecule has 5 rings (SSSR count). The minimum absolute atomic E-state index is 0.00956. The van der Waals surface area contributed by atoms with Gasteiger partial charge in [-0.1, -0.05) is 18.2 Å². The Kier molecular flexibility index (Phi) is 3.97. The van der Waals surface area contributed by atoms with Crippen molar-refractivity contribution in [2.24, 2.45) is 7.05 Å². The molecule has 0 saturated carbocycles. The van der Waals surface area contributed by atoms with Gasteiger partial charge in [-0.3, -0.25) is 9.48 Å². The number of aryl methyl sites for hydroxylation is 2. The maximum atomic E-state index is 13.5. The van der Waals surface area contributed by atoms with Gasteiger partial charge >= 0.3 is 0 Å². The third-order valence-corrected chi connectivity index (χ3v) is 5.65. The lowest BCUT2D eigenvalue weighted by molar-refractivity contribution is 0.0665. The fourth-order valence-electron chi connectivity index (χ4n) is 4.11. The summed E-state index contributed by atoms with van der Waals surface area (Å²) in [4.78, 5) is 15.3. The molecular formula is C22H22N4O3. The minimum Gasteiger partial charge on any atom is -0.454 e. The second-order valence-corrected chi connectivity index (χ2v) is 7.42. The van der Waals surface area contributed by atoms with Crippen molar-refractivity contribution < 1.29 is 14.3 Å². The molecule has 2 aliphatic rings. The fraction of sp³-hybridized carbons (Fsp3) is 0.273. The van der Waals surface area contributed by atoms with Gasteiger partial charge in [0.25, 0.3) is 5.91 Å². The lowest BCUT2D eigenvalue weighted by atomic mass is 10.0. The van der Waals surface area contributed by atoms with Gasteiger partial charge in [-0.05, 0) is 43.7 Å². The number of benzene rings is 2. The van der Waals surface area contributed by atoms with E-state index in [1.165, 1.54) is 0 Å². The van der Waals surface area contributed by atoms with E-state index in [9.17, 15) is 4.79 Å². The van der Waals surface area contributed by atoms with Crippen LogP contribution in [0, 0.1) is 13.8 Å². The number of ether oxygens (including phenoxy) is 2. The Morgan fingerprint density at radius 2 is 1.93 bits per heavy atom. The Balaban J connectivity index is 1.58. The first kappa shape index (κ1) is 17.6. The van der Waals surface area contributed by atoms with Crippen molar-refractivity contribution >= 4 is 11.6 Å². The maximum absolute atomic E-state index is 13.5. The van der Waals surface area contributed by atoms with Crippen molar-refractivity contribution in [3.8, 4) is 11.5 Å². The van der Waals surface area contributed by atoms with Crippen LogP contribution in [0.4, 0.5) is 5.69 Å². The van der Waals surface area contributed by atoms with Gasteiger partial charge in [-0.15, -0.1) is 0 Å². The fourth-order valence-corrected chi connectivity index (χ4v) is 4.11. The summed E-state index contributed by atoms with van der Waals surface area (Å²) in [6.45, 7) is 4.68. The molecule has 1 amide bonds. The number of nitrogens with one attached hydrogen (secondary N) is 1. The zero-order valence-corrected chi connectivity index (χ0v) is 16.6. The summed E-state index contributed by atoms with van der Waals surface area (Å²) in [5.74, 6) is 1.44. The van der Waals surface area contributed by atoms with Crippen LogP contribution in [0.5, 0.6) is 11.5 Å². The molecule has 1 N–H and O–H groups in total. The normalized spacial score (nSPS) is 17.3. The molecule has 7 nitrogen and oxygen atoms in total. The van der Waals surface area contributed by atoms with Gasteiger partial charge in [0.15, 0.2) is 11.5 Å². The van der Waals surface area contributed by atoms with Crippen molar-refractivity contribution in [2.45, 2.75) is 26.6 Å². The number of fused-ring (bicyclic) bond motifs is 2. The van der Waals surface area contributed by atoms with E-state index in [0.29, 0.717) is 17.9 Å². The van der Waals surface area contributed by atoms with Crippen LogP contribution in [-0.2, 0) is 13.6 Å². The third kappa shape index (κ3) is 2.81. The summed E-state index contributed by atoms with van der Waals surface area (Å²) in [5, 5.41) is 8.11. The molecule has 3 heterocycles. The molecule has 0 fully saturated rings. The van der Waals surface area contributed by atoms with Crippen molar-refractivity contribution in [3.63, 3.8) is 0 Å². The Hall–Kier alpha value is -3.48. The summed E-state index contributed by atoms with van der Waals surface area (Å²) in [7, 11) is 1.92. The Morgan fingerprint density at radius 1 is 1.14 bits per heavy atom. The van der Waals surface area contributed by atoms with Crippen molar-refractivity contribution in [1.82, 2.24) is 14.7 Å². The number of aromatic nitrogens is 2. The van der Waals surface area contributed by atoms with Gasteiger partial charge in [0, 0.05) is 30.5 Å². The van der Waals surface area contributed by atoms with Crippen LogP contribution < -0.4 is 14.8 Å². The quantitative estimate of drug-likeness (QED) is 0.741. The predicted molar refractivity (Wildman–Crippen MR) is 108 cm³/mol. The number of carbonyl (C=O) groups is 1. The molecule has 0 radical (unpaired) electrons. The van der Waals surface area contributed by atoms with Crippen molar-refractivity contribution in [3.05, 3.63) is 70.5 Å². The SMILES string of the molecule is Cc1nn(C)c(C)c1[C@H]1Nc2ccccc2C(=O)N1Cc1ccc2c(c1)OCO2. The molecule has 29 heavy (non-hydrogen) atoms. The Morgan fingerprint density at radius 3 is 2.72 bits per heavy atom. The van der Waals surface area contributed by atoms with E-state index in [-0.39, 0.29) is 18.9 Å². The molecular weight excluding hydrogens is 368 g/mol. The van der Waals surface area contributed by atoms with Crippen LogP contribution in [-0.4, -0.2) is 27.4 Å². The minimum atomic E-state index is -0.309. The second kappa shape index (κ2) is 6.55. The highest BCUT2D eigenvalue weighted by Crippen LogP contribution is 2.38. The number of carbonyl (C=O) groups excluding carboxylic acids is 1. The van der Waals surface area contributed by atoms with E-state index in [0.717, 1.165) is 34.0 Å². The average molecular weight is 390 g/mol.